The molecule has 0 unspecified atom stereocenters. The number of benzene rings is 1. The molecule has 0 aliphatic heterocycles. The molecule has 1 saturated carbocycles. The lowest BCUT2D eigenvalue weighted by atomic mass is 10.2. The molecule has 5 heteroatoms. The van der Waals surface area contributed by atoms with Crippen molar-refractivity contribution in [2.75, 3.05) is 12.4 Å². The second-order valence-electron chi connectivity index (χ2n) is 4.46. The molecule has 2 atom stereocenters. The van der Waals surface area contributed by atoms with Crippen molar-refractivity contribution < 1.29 is 19.4 Å². The lowest BCUT2D eigenvalue weighted by Crippen LogP contribution is -2.16. The topological polar surface area (TPSA) is 75.6 Å². The summed E-state index contributed by atoms with van der Waals surface area (Å²) in [6.07, 6.45) is 0.427. The van der Waals surface area contributed by atoms with Gasteiger partial charge in [0.25, 0.3) is 0 Å². The molecule has 1 amide bonds. The van der Waals surface area contributed by atoms with Gasteiger partial charge in [-0.05, 0) is 37.1 Å². The highest BCUT2D eigenvalue weighted by Gasteiger charge is 2.48. The highest BCUT2D eigenvalue weighted by molar-refractivity contribution is 5.98. The third kappa shape index (κ3) is 2.45. The highest BCUT2D eigenvalue weighted by atomic mass is 16.5. The molecule has 18 heavy (non-hydrogen) atoms. The second kappa shape index (κ2) is 4.68. The zero-order valence-electron chi connectivity index (χ0n) is 10.3. The predicted molar refractivity (Wildman–Crippen MR) is 65.6 cm³/mol. The van der Waals surface area contributed by atoms with Crippen LogP contribution in [-0.2, 0) is 9.59 Å². The van der Waals surface area contributed by atoms with Crippen molar-refractivity contribution >= 4 is 17.6 Å². The van der Waals surface area contributed by atoms with Crippen LogP contribution in [0, 0.1) is 18.8 Å². The summed E-state index contributed by atoms with van der Waals surface area (Å²) in [5.74, 6) is -1.30. The SMILES string of the molecule is COc1ccc(NC(=O)[C@@H]2C[C@@H]2C(=O)O)cc1C. The van der Waals surface area contributed by atoms with Crippen LogP contribution in [0.2, 0.25) is 0 Å². The van der Waals surface area contributed by atoms with Crippen LogP contribution in [0.15, 0.2) is 18.2 Å². The van der Waals surface area contributed by atoms with Gasteiger partial charge in [-0.25, -0.2) is 0 Å². The van der Waals surface area contributed by atoms with Gasteiger partial charge in [-0.15, -0.1) is 0 Å². The minimum absolute atomic E-state index is 0.230. The van der Waals surface area contributed by atoms with E-state index in [1.165, 1.54) is 0 Å². The van der Waals surface area contributed by atoms with E-state index in [2.05, 4.69) is 5.32 Å². The van der Waals surface area contributed by atoms with E-state index < -0.39 is 17.8 Å². The van der Waals surface area contributed by atoms with Gasteiger partial charge in [0.05, 0.1) is 18.9 Å². The van der Waals surface area contributed by atoms with Crippen LogP contribution < -0.4 is 10.1 Å². The van der Waals surface area contributed by atoms with Crippen LogP contribution in [0.25, 0.3) is 0 Å². The average Bonchev–Trinajstić information content (AvgIpc) is 3.09. The quantitative estimate of drug-likeness (QED) is 0.851. The van der Waals surface area contributed by atoms with Gasteiger partial charge in [0.2, 0.25) is 5.91 Å². The number of amides is 1. The van der Waals surface area contributed by atoms with Gasteiger partial charge in [-0.1, -0.05) is 0 Å². The van der Waals surface area contributed by atoms with Crippen molar-refractivity contribution in [3.05, 3.63) is 23.8 Å². The van der Waals surface area contributed by atoms with Gasteiger partial charge < -0.3 is 15.2 Å². The zero-order valence-corrected chi connectivity index (χ0v) is 10.3. The Balaban J connectivity index is 2.00. The van der Waals surface area contributed by atoms with E-state index in [4.69, 9.17) is 9.84 Å². The zero-order chi connectivity index (χ0) is 13.3. The van der Waals surface area contributed by atoms with Crippen LogP contribution in [-0.4, -0.2) is 24.1 Å². The Morgan fingerprint density at radius 3 is 2.61 bits per heavy atom. The molecule has 0 bridgehead atoms. The van der Waals surface area contributed by atoms with E-state index in [0.29, 0.717) is 12.1 Å². The maximum atomic E-state index is 11.7. The Morgan fingerprint density at radius 2 is 2.11 bits per heavy atom. The number of carbonyl (C=O) groups is 2. The number of rotatable bonds is 4. The molecule has 0 radical (unpaired) electrons. The third-order valence-electron chi connectivity index (χ3n) is 3.11. The Labute approximate surface area is 105 Å². The van der Waals surface area contributed by atoms with Gasteiger partial charge in [0.1, 0.15) is 5.75 Å². The molecule has 0 spiro atoms. The van der Waals surface area contributed by atoms with Crippen LogP contribution in [0.1, 0.15) is 12.0 Å². The molecule has 1 fully saturated rings. The summed E-state index contributed by atoms with van der Waals surface area (Å²) < 4.78 is 5.12. The summed E-state index contributed by atoms with van der Waals surface area (Å²) >= 11 is 0. The fraction of sp³-hybridized carbons (Fsp3) is 0.385. The third-order valence-corrected chi connectivity index (χ3v) is 3.11. The number of nitrogens with one attached hydrogen (secondary N) is 1. The Hall–Kier alpha value is -2.04. The molecule has 5 nitrogen and oxygen atoms in total. The monoisotopic (exact) mass is 249 g/mol. The van der Waals surface area contributed by atoms with Gasteiger partial charge in [0, 0.05) is 5.69 Å². The van der Waals surface area contributed by atoms with Crippen LogP contribution in [0.4, 0.5) is 5.69 Å². The molecule has 2 rings (SSSR count). The Morgan fingerprint density at radius 1 is 1.39 bits per heavy atom. The largest absolute Gasteiger partial charge is 0.496 e. The lowest BCUT2D eigenvalue weighted by Gasteiger charge is -2.08. The van der Waals surface area contributed by atoms with E-state index in [0.717, 1.165) is 11.3 Å². The summed E-state index contributed by atoms with van der Waals surface area (Å²) in [6.45, 7) is 1.88. The molecule has 0 aromatic heterocycles. The first-order valence-electron chi connectivity index (χ1n) is 5.71. The number of carboxylic acid groups (broad SMARTS) is 1. The maximum Gasteiger partial charge on any atom is 0.307 e. The van der Waals surface area contributed by atoms with Crippen molar-refractivity contribution in [2.24, 2.45) is 11.8 Å². The summed E-state index contributed by atoms with van der Waals surface area (Å²) in [6, 6.07) is 5.31. The van der Waals surface area contributed by atoms with Crippen LogP contribution in [0.3, 0.4) is 0 Å². The molecule has 0 heterocycles. The molecule has 1 aromatic rings. The number of hydrogen-bond acceptors (Lipinski definition) is 3. The maximum absolute atomic E-state index is 11.7. The normalized spacial score (nSPS) is 21.2. The number of ether oxygens (including phenoxy) is 1. The standard InChI is InChI=1S/C13H15NO4/c1-7-5-8(3-4-11(7)18-2)14-12(15)9-6-10(9)13(16)17/h3-5,9-10H,6H2,1-2H3,(H,14,15)(H,16,17)/t9-,10+/m1/s1. The summed E-state index contributed by atoms with van der Waals surface area (Å²) in [5.41, 5.74) is 1.58. The second-order valence-corrected chi connectivity index (χ2v) is 4.46. The minimum Gasteiger partial charge on any atom is -0.496 e. The lowest BCUT2D eigenvalue weighted by molar-refractivity contribution is -0.139. The molecule has 96 valence electrons. The minimum atomic E-state index is -0.902. The Kier molecular flexibility index (Phi) is 3.23. The fourth-order valence-electron chi connectivity index (χ4n) is 1.95. The van der Waals surface area contributed by atoms with Crippen molar-refractivity contribution in [2.45, 2.75) is 13.3 Å². The molecule has 2 N–H and O–H groups in total. The summed E-state index contributed by atoms with van der Waals surface area (Å²) in [7, 11) is 1.59. The van der Waals surface area contributed by atoms with Gasteiger partial charge >= 0.3 is 5.97 Å². The van der Waals surface area contributed by atoms with Crippen molar-refractivity contribution in [3.8, 4) is 5.75 Å². The van der Waals surface area contributed by atoms with E-state index in [-0.39, 0.29) is 5.91 Å². The number of aliphatic carboxylic acids is 1. The van der Waals surface area contributed by atoms with E-state index in [9.17, 15) is 9.59 Å². The van der Waals surface area contributed by atoms with E-state index in [1.807, 2.05) is 6.92 Å². The predicted octanol–water partition coefficient (Wildman–Crippen LogP) is 1.66. The number of anilines is 1. The number of aryl methyl sites for hydroxylation is 1. The highest BCUT2D eigenvalue weighted by Crippen LogP contribution is 2.39. The number of carbonyl (C=O) groups excluding carboxylic acids is 1. The summed E-state index contributed by atoms with van der Waals surface area (Å²) in [4.78, 5) is 22.4. The molecule has 0 saturated heterocycles. The Bertz CT molecular complexity index is 498. The fourth-order valence-corrected chi connectivity index (χ4v) is 1.95. The first-order valence-corrected chi connectivity index (χ1v) is 5.71. The van der Waals surface area contributed by atoms with Crippen LogP contribution in [0.5, 0.6) is 5.75 Å². The number of methoxy groups -OCH3 is 1. The van der Waals surface area contributed by atoms with E-state index >= 15 is 0 Å². The average molecular weight is 249 g/mol. The number of carboxylic acids is 1. The molecular formula is C13H15NO4. The summed E-state index contributed by atoms with van der Waals surface area (Å²) in [5, 5.41) is 11.5. The first kappa shape index (κ1) is 12.4. The van der Waals surface area contributed by atoms with Crippen molar-refractivity contribution in [3.63, 3.8) is 0 Å². The van der Waals surface area contributed by atoms with Gasteiger partial charge in [-0.3, -0.25) is 9.59 Å². The van der Waals surface area contributed by atoms with Crippen molar-refractivity contribution in [1.29, 1.82) is 0 Å². The molecule has 1 aromatic carbocycles. The van der Waals surface area contributed by atoms with Crippen molar-refractivity contribution in [1.82, 2.24) is 0 Å². The molecular weight excluding hydrogens is 234 g/mol. The van der Waals surface area contributed by atoms with Crippen LogP contribution >= 0.6 is 0 Å². The van der Waals surface area contributed by atoms with Gasteiger partial charge in [0.15, 0.2) is 0 Å². The molecule has 1 aliphatic rings. The number of hydrogen-bond donors (Lipinski definition) is 2. The van der Waals surface area contributed by atoms with E-state index in [1.54, 1.807) is 25.3 Å². The molecule has 1 aliphatic carbocycles. The smallest absolute Gasteiger partial charge is 0.307 e. The van der Waals surface area contributed by atoms with Gasteiger partial charge in [-0.2, -0.15) is 0 Å². The first-order chi connectivity index (χ1) is 8.52.